The Bertz CT molecular complexity index is 3480. The summed E-state index contributed by atoms with van der Waals surface area (Å²) in [6.07, 6.45) is 0. The average Bonchev–Trinajstić information content (AvgIpc) is 3.78. The maximum Gasteiger partial charge on any atom is 0.0619 e. The Balaban J connectivity index is 1.10. The summed E-state index contributed by atoms with van der Waals surface area (Å²) in [4.78, 5) is 2.50. The minimum Gasteiger partial charge on any atom is -0.310 e. The predicted molar refractivity (Wildman–Crippen MR) is 259 cm³/mol. The summed E-state index contributed by atoms with van der Waals surface area (Å²) in [5, 5.41) is 7.48. The zero-order valence-electron chi connectivity index (χ0n) is 34.2. The van der Waals surface area contributed by atoms with E-state index in [1.807, 2.05) is 0 Å². The van der Waals surface area contributed by atoms with Gasteiger partial charge in [0.25, 0.3) is 0 Å². The van der Waals surface area contributed by atoms with Gasteiger partial charge in [-0.25, -0.2) is 0 Å². The van der Waals surface area contributed by atoms with Crippen molar-refractivity contribution in [1.82, 2.24) is 4.57 Å². The van der Waals surface area contributed by atoms with Crippen molar-refractivity contribution >= 4 is 60.4 Å². The topological polar surface area (TPSA) is 8.17 Å². The van der Waals surface area contributed by atoms with Crippen LogP contribution in [0.25, 0.3) is 82.4 Å². The van der Waals surface area contributed by atoms with Gasteiger partial charge in [-0.15, -0.1) is 0 Å². The maximum atomic E-state index is 2.50. The number of fused-ring (bicyclic) bond motifs is 9. The van der Waals surface area contributed by atoms with Gasteiger partial charge in [-0.05, 0) is 103 Å². The first-order valence-corrected chi connectivity index (χ1v) is 21.3. The normalized spacial score (nSPS) is 12.9. The Morgan fingerprint density at radius 3 is 1.79 bits per heavy atom. The van der Waals surface area contributed by atoms with Crippen molar-refractivity contribution in [1.29, 1.82) is 0 Å². The fourth-order valence-electron chi connectivity index (χ4n) is 10.4. The monoisotopic (exact) mass is 778 g/mol. The lowest BCUT2D eigenvalue weighted by Crippen LogP contribution is -2.20. The molecule has 1 aliphatic rings. The third kappa shape index (κ3) is 5.42. The molecule has 1 aliphatic carbocycles. The molecule has 61 heavy (non-hydrogen) atoms. The molecular weight excluding hydrogens is 737 g/mol. The standard InChI is InChI=1S/C59H42N2/c1-59(2)53-28-12-11-24-49(53)51-27-15-29-54(57(51)59)60(44-33-30-41(31-34-44)47-26-14-20-42-19-13-25-46(56(42)47)39-16-5-3-6-17-39)45-35-37-50-52-36-32-40-18-9-10-23-48(40)58(52)61(55(50)38-45)43-21-7-4-8-22-43/h3-38H,1-2H3. The van der Waals surface area contributed by atoms with E-state index in [1.165, 1.54) is 93.5 Å². The summed E-state index contributed by atoms with van der Waals surface area (Å²) >= 11 is 0. The van der Waals surface area contributed by atoms with Gasteiger partial charge in [0.05, 0.1) is 16.7 Å². The van der Waals surface area contributed by atoms with Crippen LogP contribution < -0.4 is 4.90 Å². The lowest BCUT2D eigenvalue weighted by atomic mass is 9.81. The van der Waals surface area contributed by atoms with Crippen molar-refractivity contribution in [2.24, 2.45) is 0 Å². The molecule has 0 aliphatic heterocycles. The first-order valence-electron chi connectivity index (χ1n) is 21.3. The van der Waals surface area contributed by atoms with Crippen LogP contribution in [0.4, 0.5) is 17.1 Å². The minimum absolute atomic E-state index is 0.209. The van der Waals surface area contributed by atoms with Crippen LogP contribution in [-0.4, -0.2) is 4.57 Å². The molecule has 11 aromatic rings. The van der Waals surface area contributed by atoms with E-state index in [2.05, 4.69) is 242 Å². The highest BCUT2D eigenvalue weighted by Crippen LogP contribution is 2.54. The molecule has 1 aromatic heterocycles. The lowest BCUT2D eigenvalue weighted by Gasteiger charge is -2.32. The van der Waals surface area contributed by atoms with E-state index in [1.54, 1.807) is 0 Å². The molecule has 0 amide bonds. The molecule has 0 spiro atoms. The number of nitrogens with zero attached hydrogens (tertiary/aromatic N) is 2. The van der Waals surface area contributed by atoms with E-state index in [9.17, 15) is 0 Å². The molecule has 0 bridgehead atoms. The zero-order valence-corrected chi connectivity index (χ0v) is 34.2. The molecule has 10 aromatic carbocycles. The van der Waals surface area contributed by atoms with Gasteiger partial charge in [0.2, 0.25) is 0 Å². The van der Waals surface area contributed by atoms with Gasteiger partial charge in [0.15, 0.2) is 0 Å². The minimum atomic E-state index is -0.209. The van der Waals surface area contributed by atoms with Crippen LogP contribution in [0, 0.1) is 0 Å². The SMILES string of the molecule is CC1(C)c2ccccc2-c2cccc(N(c3ccc(-c4cccc5cccc(-c6ccccc6)c45)cc3)c3ccc4c5ccc6ccccc6c5n(-c5ccccc5)c4c3)c21. The molecule has 1 heterocycles. The fraction of sp³-hybridized carbons (Fsp3) is 0.0508. The van der Waals surface area contributed by atoms with Crippen LogP contribution in [0.1, 0.15) is 25.0 Å². The van der Waals surface area contributed by atoms with Gasteiger partial charge in [0.1, 0.15) is 0 Å². The Labute approximate surface area is 356 Å². The number of para-hydroxylation sites is 1. The number of rotatable bonds is 6. The molecule has 2 heteroatoms. The highest BCUT2D eigenvalue weighted by molar-refractivity contribution is 6.19. The third-order valence-corrected chi connectivity index (χ3v) is 13.1. The maximum absolute atomic E-state index is 2.50. The van der Waals surface area contributed by atoms with Crippen molar-refractivity contribution in [3.05, 3.63) is 230 Å². The second-order valence-corrected chi connectivity index (χ2v) is 16.9. The Kier molecular flexibility index (Phi) is 7.92. The van der Waals surface area contributed by atoms with E-state index in [0.29, 0.717) is 0 Å². The molecule has 0 saturated carbocycles. The Morgan fingerprint density at radius 1 is 0.410 bits per heavy atom. The lowest BCUT2D eigenvalue weighted by molar-refractivity contribution is 0.661. The van der Waals surface area contributed by atoms with E-state index < -0.39 is 0 Å². The molecule has 0 unspecified atom stereocenters. The summed E-state index contributed by atoms with van der Waals surface area (Å²) < 4.78 is 2.47. The van der Waals surface area contributed by atoms with Crippen LogP contribution in [0.5, 0.6) is 0 Å². The van der Waals surface area contributed by atoms with E-state index >= 15 is 0 Å². The van der Waals surface area contributed by atoms with Gasteiger partial charge in [0, 0.05) is 38.6 Å². The number of aromatic nitrogens is 1. The summed E-state index contributed by atoms with van der Waals surface area (Å²) in [5.41, 5.74) is 17.0. The van der Waals surface area contributed by atoms with Gasteiger partial charge in [-0.3, -0.25) is 0 Å². The molecule has 0 saturated heterocycles. The van der Waals surface area contributed by atoms with Crippen LogP contribution in [0.2, 0.25) is 0 Å². The van der Waals surface area contributed by atoms with E-state index in [4.69, 9.17) is 0 Å². The summed E-state index contributed by atoms with van der Waals surface area (Å²) in [6, 6.07) is 80.4. The van der Waals surface area contributed by atoms with Gasteiger partial charge in [-0.2, -0.15) is 0 Å². The molecule has 0 N–H and O–H groups in total. The smallest absolute Gasteiger partial charge is 0.0619 e. The van der Waals surface area contributed by atoms with E-state index in [-0.39, 0.29) is 5.41 Å². The molecule has 0 fully saturated rings. The number of hydrogen-bond acceptors (Lipinski definition) is 1. The second-order valence-electron chi connectivity index (χ2n) is 16.9. The molecule has 12 rings (SSSR count). The average molecular weight is 779 g/mol. The highest BCUT2D eigenvalue weighted by atomic mass is 15.1. The molecule has 0 radical (unpaired) electrons. The molecular formula is C59H42N2. The summed E-state index contributed by atoms with van der Waals surface area (Å²) in [5.74, 6) is 0. The number of hydrogen-bond donors (Lipinski definition) is 0. The van der Waals surface area contributed by atoms with Crippen LogP contribution in [-0.2, 0) is 5.41 Å². The van der Waals surface area contributed by atoms with Crippen molar-refractivity contribution in [3.63, 3.8) is 0 Å². The Morgan fingerprint density at radius 2 is 1.00 bits per heavy atom. The van der Waals surface area contributed by atoms with Gasteiger partial charge in [-0.1, -0.05) is 190 Å². The van der Waals surface area contributed by atoms with Crippen LogP contribution >= 0.6 is 0 Å². The summed E-state index contributed by atoms with van der Waals surface area (Å²) in [7, 11) is 0. The summed E-state index contributed by atoms with van der Waals surface area (Å²) in [6.45, 7) is 4.77. The van der Waals surface area contributed by atoms with Crippen molar-refractivity contribution in [3.8, 4) is 39.1 Å². The molecule has 288 valence electrons. The first kappa shape index (κ1) is 35.3. The van der Waals surface area contributed by atoms with Gasteiger partial charge >= 0.3 is 0 Å². The number of anilines is 3. The largest absolute Gasteiger partial charge is 0.310 e. The quantitative estimate of drug-likeness (QED) is 0.163. The predicted octanol–water partition coefficient (Wildman–Crippen LogP) is 16.2. The zero-order chi connectivity index (χ0) is 40.7. The van der Waals surface area contributed by atoms with Crippen LogP contribution in [0.15, 0.2) is 218 Å². The Hall–Kier alpha value is -7.68. The first-order chi connectivity index (χ1) is 30.0. The second kappa shape index (κ2) is 13.7. The van der Waals surface area contributed by atoms with Crippen molar-refractivity contribution in [2.75, 3.05) is 4.90 Å². The fourth-order valence-corrected chi connectivity index (χ4v) is 10.4. The highest BCUT2D eigenvalue weighted by Gasteiger charge is 2.38. The van der Waals surface area contributed by atoms with Crippen molar-refractivity contribution in [2.45, 2.75) is 19.3 Å². The molecule has 2 nitrogen and oxygen atoms in total. The third-order valence-electron chi connectivity index (χ3n) is 13.1. The van der Waals surface area contributed by atoms with Crippen molar-refractivity contribution < 1.29 is 0 Å². The molecule has 0 atom stereocenters. The van der Waals surface area contributed by atoms with Crippen LogP contribution in [0.3, 0.4) is 0 Å². The number of benzene rings is 10. The van der Waals surface area contributed by atoms with Gasteiger partial charge < -0.3 is 9.47 Å². The van der Waals surface area contributed by atoms with E-state index in [0.717, 1.165) is 17.1 Å².